The average Bonchev–Trinajstić information content (AvgIpc) is 2.81. The highest BCUT2D eigenvalue weighted by Gasteiger charge is 2.42. The fourth-order valence-corrected chi connectivity index (χ4v) is 5.53. The third-order valence-corrected chi connectivity index (χ3v) is 7.53. The van der Waals surface area contributed by atoms with Crippen LogP contribution in [-0.4, -0.2) is 61.4 Å². The molecule has 0 aromatic carbocycles. The number of aliphatic hydroxyl groups excluding tert-OH is 2. The second-order valence-electron chi connectivity index (χ2n) is 10.5. The van der Waals surface area contributed by atoms with Crippen LogP contribution in [0.4, 0.5) is 0 Å². The highest BCUT2D eigenvalue weighted by Crippen LogP contribution is 2.43. The van der Waals surface area contributed by atoms with Crippen molar-refractivity contribution >= 4 is 0 Å². The van der Waals surface area contributed by atoms with Gasteiger partial charge >= 0.3 is 0 Å². The lowest BCUT2D eigenvalue weighted by atomic mass is 9.70. The van der Waals surface area contributed by atoms with Gasteiger partial charge < -0.3 is 29.2 Å². The molecular formula is C28H50O6. The van der Waals surface area contributed by atoms with E-state index in [1.165, 1.54) is 11.1 Å². The van der Waals surface area contributed by atoms with Gasteiger partial charge in [-0.05, 0) is 90.2 Å². The van der Waals surface area contributed by atoms with Gasteiger partial charge in [-0.2, -0.15) is 0 Å². The molecule has 2 aliphatic carbocycles. The van der Waals surface area contributed by atoms with Gasteiger partial charge in [0.15, 0.2) is 12.6 Å². The first-order valence-corrected chi connectivity index (χ1v) is 13.4. The maximum Gasteiger partial charge on any atom is 0.155 e. The Labute approximate surface area is 207 Å². The molecule has 2 unspecified atom stereocenters. The molecular weight excluding hydrogens is 432 g/mol. The van der Waals surface area contributed by atoms with Gasteiger partial charge in [-0.25, -0.2) is 0 Å². The zero-order valence-electron chi connectivity index (χ0n) is 22.5. The summed E-state index contributed by atoms with van der Waals surface area (Å²) in [6.07, 6.45) is 11.6. The Hall–Kier alpha value is -0.760. The molecule has 2 N–H and O–H groups in total. The first-order chi connectivity index (χ1) is 16.2. The SMILES string of the molecule is CCOC(C)O[C@@H]1/C(=C\CC/C=C2/CCC[C@](C)(CO)[C@@H]2OC(C)OCC)CCC[C@]1(C)CO. The lowest BCUT2D eigenvalue weighted by Crippen LogP contribution is -2.44. The minimum Gasteiger partial charge on any atom is -0.396 e. The lowest BCUT2D eigenvalue weighted by Gasteiger charge is -2.43. The number of hydrogen-bond acceptors (Lipinski definition) is 6. The van der Waals surface area contributed by atoms with E-state index < -0.39 is 0 Å². The third-order valence-electron chi connectivity index (χ3n) is 7.53. The minimum atomic E-state index is -0.298. The molecule has 0 spiro atoms. The van der Waals surface area contributed by atoms with E-state index >= 15 is 0 Å². The van der Waals surface area contributed by atoms with Crippen molar-refractivity contribution in [1.82, 2.24) is 0 Å². The Morgan fingerprint density at radius 1 is 0.794 bits per heavy atom. The molecule has 2 aliphatic rings. The first kappa shape index (κ1) is 29.5. The largest absolute Gasteiger partial charge is 0.396 e. The van der Waals surface area contributed by atoms with Crippen LogP contribution in [0.2, 0.25) is 0 Å². The molecule has 6 heteroatoms. The van der Waals surface area contributed by atoms with Gasteiger partial charge in [0.2, 0.25) is 0 Å². The molecule has 0 amide bonds. The summed E-state index contributed by atoms with van der Waals surface area (Å²) in [7, 11) is 0. The molecule has 2 rings (SSSR count). The van der Waals surface area contributed by atoms with E-state index in [2.05, 4.69) is 26.0 Å². The topological polar surface area (TPSA) is 77.4 Å². The van der Waals surface area contributed by atoms with E-state index in [4.69, 9.17) is 18.9 Å². The van der Waals surface area contributed by atoms with Crippen molar-refractivity contribution in [3.8, 4) is 0 Å². The predicted octanol–water partition coefficient (Wildman–Crippen LogP) is 5.52. The van der Waals surface area contributed by atoms with Gasteiger partial charge in [-0.1, -0.05) is 26.0 Å². The van der Waals surface area contributed by atoms with E-state index in [0.717, 1.165) is 51.4 Å². The molecule has 0 saturated heterocycles. The average molecular weight is 483 g/mol. The molecule has 0 aliphatic heterocycles. The van der Waals surface area contributed by atoms with E-state index in [-0.39, 0.29) is 48.8 Å². The van der Waals surface area contributed by atoms with Gasteiger partial charge in [-0.3, -0.25) is 0 Å². The summed E-state index contributed by atoms with van der Waals surface area (Å²) in [5.41, 5.74) is 1.98. The van der Waals surface area contributed by atoms with E-state index in [9.17, 15) is 10.2 Å². The van der Waals surface area contributed by atoms with Crippen LogP contribution in [0.1, 0.15) is 92.9 Å². The molecule has 2 saturated carbocycles. The van der Waals surface area contributed by atoms with Crippen LogP contribution in [0.3, 0.4) is 0 Å². The second-order valence-corrected chi connectivity index (χ2v) is 10.5. The minimum absolute atomic E-state index is 0.106. The summed E-state index contributed by atoms with van der Waals surface area (Å²) in [5.74, 6) is 0. The Bertz CT molecular complexity index is 605. The number of unbranched alkanes of at least 4 members (excludes halogenated alkanes) is 1. The Balaban J connectivity index is 2.12. The molecule has 34 heavy (non-hydrogen) atoms. The van der Waals surface area contributed by atoms with Gasteiger partial charge in [0, 0.05) is 24.0 Å². The van der Waals surface area contributed by atoms with Crippen LogP contribution >= 0.6 is 0 Å². The normalized spacial score (nSPS) is 34.5. The zero-order chi connectivity index (χ0) is 25.2. The molecule has 198 valence electrons. The zero-order valence-corrected chi connectivity index (χ0v) is 22.5. The Kier molecular flexibility index (Phi) is 12.2. The van der Waals surface area contributed by atoms with Crippen LogP contribution in [0.25, 0.3) is 0 Å². The molecule has 6 atom stereocenters. The summed E-state index contributed by atoms with van der Waals surface area (Å²) in [5, 5.41) is 20.3. The molecule has 0 heterocycles. The number of ether oxygens (including phenoxy) is 4. The van der Waals surface area contributed by atoms with Crippen molar-refractivity contribution in [2.24, 2.45) is 10.8 Å². The summed E-state index contributed by atoms with van der Waals surface area (Å²) >= 11 is 0. The van der Waals surface area contributed by atoms with Crippen LogP contribution in [0.15, 0.2) is 23.3 Å². The molecule has 0 aromatic heterocycles. The van der Waals surface area contributed by atoms with Gasteiger partial charge in [0.25, 0.3) is 0 Å². The van der Waals surface area contributed by atoms with Crippen molar-refractivity contribution in [1.29, 1.82) is 0 Å². The lowest BCUT2D eigenvalue weighted by molar-refractivity contribution is -0.185. The van der Waals surface area contributed by atoms with Crippen molar-refractivity contribution in [3.63, 3.8) is 0 Å². The maximum absolute atomic E-state index is 10.1. The summed E-state index contributed by atoms with van der Waals surface area (Å²) < 4.78 is 23.9. The van der Waals surface area contributed by atoms with Crippen molar-refractivity contribution < 1.29 is 29.2 Å². The fourth-order valence-electron chi connectivity index (χ4n) is 5.53. The van der Waals surface area contributed by atoms with Crippen molar-refractivity contribution in [2.75, 3.05) is 26.4 Å². The standard InChI is InChI=1S/C28H50O6/c1-7-31-21(3)33-25-23(15-11-17-27(25,5)19-29)13-9-10-14-24-16-12-18-28(6,20-30)26(24)34-22(4)32-8-2/h13-14,21-22,25-26,29-30H,7-12,15-20H2,1-6H3/b23-13-,24-14-/t21?,22?,25-,26-,27-,28-/m1/s1. The maximum atomic E-state index is 10.1. The first-order valence-electron chi connectivity index (χ1n) is 13.4. The van der Waals surface area contributed by atoms with Crippen LogP contribution in [0.5, 0.6) is 0 Å². The number of aliphatic hydroxyl groups is 2. The monoisotopic (exact) mass is 482 g/mol. The van der Waals surface area contributed by atoms with E-state index in [0.29, 0.717) is 13.2 Å². The number of allylic oxidation sites excluding steroid dienone is 2. The fraction of sp³-hybridized carbons (Fsp3) is 0.857. The third kappa shape index (κ3) is 7.87. The van der Waals surface area contributed by atoms with Crippen molar-refractivity contribution in [2.45, 2.75) is 118 Å². The summed E-state index contributed by atoms with van der Waals surface area (Å²) in [6, 6.07) is 0. The Morgan fingerprint density at radius 3 is 1.50 bits per heavy atom. The van der Waals surface area contributed by atoms with Crippen LogP contribution in [0, 0.1) is 10.8 Å². The van der Waals surface area contributed by atoms with Gasteiger partial charge in [0.05, 0.1) is 25.4 Å². The molecule has 6 nitrogen and oxygen atoms in total. The second kappa shape index (κ2) is 14.1. The Morgan fingerprint density at radius 2 is 1.18 bits per heavy atom. The van der Waals surface area contributed by atoms with Gasteiger partial charge in [0.1, 0.15) is 0 Å². The quantitative estimate of drug-likeness (QED) is 0.204. The molecule has 0 bridgehead atoms. The summed E-state index contributed by atoms with van der Waals surface area (Å²) in [6.45, 7) is 13.5. The van der Waals surface area contributed by atoms with Crippen LogP contribution < -0.4 is 0 Å². The highest BCUT2D eigenvalue weighted by molar-refractivity contribution is 5.19. The number of rotatable bonds is 13. The van der Waals surface area contributed by atoms with E-state index in [1.807, 2.05) is 27.7 Å². The van der Waals surface area contributed by atoms with Gasteiger partial charge in [-0.15, -0.1) is 0 Å². The van der Waals surface area contributed by atoms with Crippen molar-refractivity contribution in [3.05, 3.63) is 23.3 Å². The smallest absolute Gasteiger partial charge is 0.155 e. The molecule has 0 aromatic rings. The van der Waals surface area contributed by atoms with E-state index in [1.54, 1.807) is 0 Å². The highest BCUT2D eigenvalue weighted by atomic mass is 16.7. The molecule has 2 fully saturated rings. The van der Waals surface area contributed by atoms with Crippen LogP contribution in [-0.2, 0) is 18.9 Å². The molecule has 0 radical (unpaired) electrons. The predicted molar refractivity (Wildman–Crippen MR) is 135 cm³/mol. The number of hydrogen-bond donors (Lipinski definition) is 2. The summed E-state index contributed by atoms with van der Waals surface area (Å²) in [4.78, 5) is 0.